The van der Waals surface area contributed by atoms with Crippen molar-refractivity contribution >= 4 is 40.0 Å². The van der Waals surface area contributed by atoms with E-state index in [4.69, 9.17) is 0 Å². The van der Waals surface area contributed by atoms with Gasteiger partial charge in [-0.1, -0.05) is 0 Å². The van der Waals surface area contributed by atoms with Crippen LogP contribution >= 0.6 is 24.0 Å². The molecule has 28 heavy (non-hydrogen) atoms. The quantitative estimate of drug-likeness (QED) is 0.279. The molecule has 0 radical (unpaired) electrons. The lowest BCUT2D eigenvalue weighted by atomic mass is 9.98. The van der Waals surface area contributed by atoms with E-state index in [0.717, 1.165) is 13.1 Å². The topological polar surface area (TPSA) is 77.0 Å². The summed E-state index contributed by atoms with van der Waals surface area (Å²) in [6.45, 7) is 8.69. The Balaban J connectivity index is 0.00000729. The monoisotopic (exact) mass is 543 g/mol. The Morgan fingerprint density at radius 3 is 2.29 bits per heavy atom. The minimum absolute atomic E-state index is 0. The van der Waals surface area contributed by atoms with Crippen molar-refractivity contribution in [3.8, 4) is 0 Å². The first kappa shape index (κ1) is 27.7. The first-order valence-corrected chi connectivity index (χ1v) is 10.7. The molecule has 1 aliphatic rings. The van der Waals surface area contributed by atoms with Crippen molar-refractivity contribution in [1.29, 1.82) is 0 Å². The molecule has 1 rings (SSSR count). The van der Waals surface area contributed by atoms with Crippen LogP contribution in [0.25, 0.3) is 0 Å². The van der Waals surface area contributed by atoms with E-state index in [1.54, 1.807) is 0 Å². The molecule has 0 aromatic heterocycles. The molecule has 2 N–H and O–H groups in total. The molecule has 0 atom stereocenters. The maximum Gasteiger partial charge on any atom is 0.511 e. The Morgan fingerprint density at radius 2 is 1.82 bits per heavy atom. The summed E-state index contributed by atoms with van der Waals surface area (Å²) in [6, 6.07) is 0.449. The number of halogens is 4. The van der Waals surface area contributed by atoms with Crippen molar-refractivity contribution in [3.63, 3.8) is 0 Å². The van der Waals surface area contributed by atoms with Gasteiger partial charge in [-0.3, -0.25) is 4.99 Å². The van der Waals surface area contributed by atoms with E-state index in [1.807, 2.05) is 14.0 Å². The maximum absolute atomic E-state index is 12.6. The van der Waals surface area contributed by atoms with Gasteiger partial charge in [0.15, 0.2) is 5.96 Å². The van der Waals surface area contributed by atoms with Crippen molar-refractivity contribution in [2.45, 2.75) is 45.2 Å². The van der Waals surface area contributed by atoms with Gasteiger partial charge >= 0.3 is 15.5 Å². The molecule has 1 saturated heterocycles. The van der Waals surface area contributed by atoms with Crippen LogP contribution in [-0.4, -0.2) is 81.4 Å². The molecule has 0 amide bonds. The fourth-order valence-corrected chi connectivity index (χ4v) is 3.63. The summed E-state index contributed by atoms with van der Waals surface area (Å²) >= 11 is 0. The van der Waals surface area contributed by atoms with Gasteiger partial charge in [0.1, 0.15) is 0 Å². The van der Waals surface area contributed by atoms with Crippen molar-refractivity contribution in [2.75, 3.05) is 46.3 Å². The Labute approximate surface area is 183 Å². The lowest BCUT2D eigenvalue weighted by Crippen LogP contribution is -2.45. The van der Waals surface area contributed by atoms with Gasteiger partial charge in [-0.05, 0) is 46.6 Å². The van der Waals surface area contributed by atoms with Gasteiger partial charge in [0, 0.05) is 45.3 Å². The van der Waals surface area contributed by atoms with Crippen LogP contribution in [0.15, 0.2) is 4.99 Å². The number of aliphatic imine (C=N–C) groups is 1. The normalized spacial score (nSPS) is 17.7. The predicted molar refractivity (Wildman–Crippen MR) is 116 cm³/mol. The largest absolute Gasteiger partial charge is 0.511 e. The number of nitrogens with zero attached hydrogens (tertiary/aromatic N) is 3. The van der Waals surface area contributed by atoms with Crippen LogP contribution in [0.3, 0.4) is 0 Å². The number of guanidine groups is 1. The number of piperidine rings is 1. The number of hydrogen-bond donors (Lipinski definition) is 2. The highest BCUT2D eigenvalue weighted by Gasteiger charge is 2.50. The molecule has 0 saturated carbocycles. The highest BCUT2D eigenvalue weighted by atomic mass is 127. The van der Waals surface area contributed by atoms with Crippen LogP contribution in [0.1, 0.15) is 33.6 Å². The first-order chi connectivity index (χ1) is 12.5. The zero-order valence-electron chi connectivity index (χ0n) is 16.9. The van der Waals surface area contributed by atoms with E-state index in [-0.39, 0.29) is 43.0 Å². The highest BCUT2D eigenvalue weighted by molar-refractivity contribution is 14.0. The first-order valence-electron chi connectivity index (χ1n) is 9.27. The van der Waals surface area contributed by atoms with E-state index in [1.165, 1.54) is 0 Å². The van der Waals surface area contributed by atoms with E-state index in [9.17, 15) is 21.6 Å². The summed E-state index contributed by atoms with van der Waals surface area (Å²) < 4.78 is 61.2. The van der Waals surface area contributed by atoms with Crippen molar-refractivity contribution < 1.29 is 21.6 Å². The molecule has 0 aliphatic carbocycles. The molecule has 12 heteroatoms. The average molecular weight is 543 g/mol. The fraction of sp³-hybridized carbons (Fsp3) is 0.938. The van der Waals surface area contributed by atoms with Crippen LogP contribution in [-0.2, 0) is 10.0 Å². The minimum atomic E-state index is -5.23. The Kier molecular flexibility index (Phi) is 12.2. The van der Waals surface area contributed by atoms with Gasteiger partial charge < -0.3 is 15.5 Å². The number of hydrogen-bond acceptors (Lipinski definition) is 4. The lowest BCUT2D eigenvalue weighted by molar-refractivity contribution is -0.0496. The average Bonchev–Trinajstić information content (AvgIpc) is 2.58. The number of sulfonamides is 1. The summed E-state index contributed by atoms with van der Waals surface area (Å²) in [6.07, 6.45) is 0.739. The molecular formula is C16H33F3IN5O2S. The SMILES string of the molecule is CCNC(=NCC1CCN(S(=O)(=O)C(F)(F)F)CC1)NCCN(C)C(C)C.I. The summed E-state index contributed by atoms with van der Waals surface area (Å²) in [7, 11) is -3.18. The zero-order valence-corrected chi connectivity index (χ0v) is 20.1. The molecule has 0 aromatic rings. The third kappa shape index (κ3) is 8.57. The molecule has 1 fully saturated rings. The van der Waals surface area contributed by atoms with Crippen molar-refractivity contribution in [2.24, 2.45) is 10.9 Å². The number of likely N-dealkylation sites (N-methyl/N-ethyl adjacent to an activating group) is 1. The lowest BCUT2D eigenvalue weighted by Gasteiger charge is -2.31. The molecule has 168 valence electrons. The fourth-order valence-electron chi connectivity index (χ4n) is 2.65. The summed E-state index contributed by atoms with van der Waals surface area (Å²) in [5, 5.41) is 6.38. The molecule has 1 aliphatic heterocycles. The van der Waals surface area contributed by atoms with Crippen molar-refractivity contribution in [1.82, 2.24) is 19.8 Å². The molecular weight excluding hydrogens is 510 g/mol. The van der Waals surface area contributed by atoms with E-state index >= 15 is 0 Å². The second-order valence-electron chi connectivity index (χ2n) is 7.01. The highest BCUT2D eigenvalue weighted by Crippen LogP contribution is 2.30. The van der Waals surface area contributed by atoms with Gasteiger partial charge in [0.25, 0.3) is 0 Å². The maximum atomic E-state index is 12.6. The minimum Gasteiger partial charge on any atom is -0.357 e. The van der Waals surface area contributed by atoms with Crippen LogP contribution in [0.4, 0.5) is 13.2 Å². The molecule has 0 spiro atoms. The number of alkyl halides is 3. The predicted octanol–water partition coefficient (Wildman–Crippen LogP) is 2.06. The Hall–Kier alpha value is -0.340. The zero-order chi connectivity index (χ0) is 20.7. The van der Waals surface area contributed by atoms with E-state index < -0.39 is 15.5 Å². The molecule has 0 aromatic carbocycles. The number of rotatable bonds is 8. The third-order valence-electron chi connectivity index (χ3n) is 4.70. The molecule has 7 nitrogen and oxygen atoms in total. The van der Waals surface area contributed by atoms with Gasteiger partial charge in [-0.15, -0.1) is 24.0 Å². The molecule has 0 bridgehead atoms. The Morgan fingerprint density at radius 1 is 1.25 bits per heavy atom. The Bertz CT molecular complexity index is 579. The second-order valence-corrected chi connectivity index (χ2v) is 8.94. The molecule has 1 heterocycles. The standard InChI is InChI=1S/C16H32F3N5O2S.HI/c1-5-20-15(21-8-11-23(4)13(2)3)22-12-14-6-9-24(10-7-14)27(25,26)16(17,18)19;/h13-14H,5-12H2,1-4H3,(H2,20,21,22);1H. The second kappa shape index (κ2) is 12.4. The van der Waals surface area contributed by atoms with Crippen LogP contribution in [0, 0.1) is 5.92 Å². The van der Waals surface area contributed by atoms with Gasteiger partial charge in [0.2, 0.25) is 0 Å². The van der Waals surface area contributed by atoms with Crippen LogP contribution in [0.2, 0.25) is 0 Å². The molecule has 0 unspecified atom stereocenters. The van der Waals surface area contributed by atoms with E-state index in [0.29, 0.717) is 42.2 Å². The van der Waals surface area contributed by atoms with Gasteiger partial charge in [-0.2, -0.15) is 17.5 Å². The van der Waals surface area contributed by atoms with Crippen LogP contribution in [0.5, 0.6) is 0 Å². The summed E-state index contributed by atoms with van der Waals surface area (Å²) in [5.41, 5.74) is -5.23. The third-order valence-corrected chi connectivity index (χ3v) is 6.33. The summed E-state index contributed by atoms with van der Waals surface area (Å²) in [5.74, 6) is 0.735. The van der Waals surface area contributed by atoms with Gasteiger partial charge in [-0.25, -0.2) is 8.42 Å². The van der Waals surface area contributed by atoms with Crippen molar-refractivity contribution in [3.05, 3.63) is 0 Å². The smallest absolute Gasteiger partial charge is 0.357 e. The van der Waals surface area contributed by atoms with Gasteiger partial charge in [0.05, 0.1) is 0 Å². The number of nitrogens with one attached hydrogen (secondary N) is 2. The van der Waals surface area contributed by atoms with E-state index in [2.05, 4.69) is 34.4 Å². The summed E-state index contributed by atoms with van der Waals surface area (Å²) in [4.78, 5) is 6.70. The van der Waals surface area contributed by atoms with Crippen LogP contribution < -0.4 is 10.6 Å².